The summed E-state index contributed by atoms with van der Waals surface area (Å²) in [5.41, 5.74) is -1.62. The normalized spacial score (nSPS) is 41.7. The molecule has 2 bridgehead atoms. The average molecular weight is 569 g/mol. The minimum Gasteiger partial charge on any atom is -0.481 e. The Morgan fingerprint density at radius 3 is 1.76 bits per heavy atom. The summed E-state index contributed by atoms with van der Waals surface area (Å²) in [5.74, 6) is -2.71. The van der Waals surface area contributed by atoms with Crippen LogP contribution >= 0.6 is 23.2 Å². The maximum absolute atomic E-state index is 13.8. The number of carboxylic acids is 1. The molecule has 2 amide bonds. The number of halogens is 4. The van der Waals surface area contributed by atoms with Gasteiger partial charge in [-0.2, -0.15) is 0 Å². The van der Waals surface area contributed by atoms with Crippen molar-refractivity contribution < 1.29 is 37.7 Å². The van der Waals surface area contributed by atoms with Gasteiger partial charge in [0.05, 0.1) is 34.4 Å². The Kier molecular flexibility index (Phi) is 9.24. The molecule has 5 saturated carbocycles. The van der Waals surface area contributed by atoms with Gasteiger partial charge >= 0.3 is 5.97 Å². The van der Waals surface area contributed by atoms with Gasteiger partial charge < -0.3 is 25.2 Å². The van der Waals surface area contributed by atoms with Gasteiger partial charge in [-0.25, -0.2) is 8.78 Å². The smallest absolute Gasteiger partial charge is 0.308 e. The number of nitrogens with one attached hydrogen (secondary N) is 2. The van der Waals surface area contributed by atoms with Crippen LogP contribution < -0.4 is 10.6 Å². The van der Waals surface area contributed by atoms with Crippen LogP contribution in [0.1, 0.15) is 70.6 Å². The van der Waals surface area contributed by atoms with Gasteiger partial charge in [-0.05, 0) is 57.8 Å². The molecular formula is C25H36Cl2F2N2O6. The maximum atomic E-state index is 13.8. The lowest BCUT2D eigenvalue weighted by Gasteiger charge is -2.56. The summed E-state index contributed by atoms with van der Waals surface area (Å²) in [6.07, 6.45) is 1.30. The second kappa shape index (κ2) is 11.9. The van der Waals surface area contributed by atoms with Crippen molar-refractivity contribution in [3.05, 3.63) is 0 Å². The van der Waals surface area contributed by atoms with Crippen molar-refractivity contribution in [2.45, 2.75) is 117 Å². The summed E-state index contributed by atoms with van der Waals surface area (Å²) >= 11 is 11.8. The minimum atomic E-state index is -1.18. The monoisotopic (exact) mass is 568 g/mol. The van der Waals surface area contributed by atoms with E-state index in [1.54, 1.807) is 0 Å². The van der Waals surface area contributed by atoms with E-state index >= 15 is 0 Å². The van der Waals surface area contributed by atoms with Crippen LogP contribution in [0.25, 0.3) is 0 Å². The number of rotatable bonds is 9. The molecule has 3 N–H and O–H groups in total. The van der Waals surface area contributed by atoms with E-state index in [0.717, 1.165) is 0 Å². The highest BCUT2D eigenvalue weighted by Crippen LogP contribution is 2.50. The largest absolute Gasteiger partial charge is 0.481 e. The number of hydrogen-bond acceptors (Lipinski definition) is 5. The lowest BCUT2D eigenvalue weighted by atomic mass is 9.56. The summed E-state index contributed by atoms with van der Waals surface area (Å²) in [5, 5.41) is 14.8. The topological polar surface area (TPSA) is 114 Å². The zero-order valence-corrected chi connectivity index (χ0v) is 22.2. The number of alkyl halides is 4. The van der Waals surface area contributed by atoms with Crippen LogP contribution in [0.3, 0.4) is 0 Å². The van der Waals surface area contributed by atoms with Gasteiger partial charge in [0.15, 0.2) is 0 Å². The van der Waals surface area contributed by atoms with E-state index in [9.17, 15) is 28.3 Å². The SMILES string of the molecule is O=C(COC1CCC(Cl)C(F)C1)NC12CCC(NC(=O)COC3CCC(Cl)C(F)C3)(CC1)C(C(=O)O)C2. The van der Waals surface area contributed by atoms with E-state index in [1.165, 1.54) is 0 Å². The van der Waals surface area contributed by atoms with Gasteiger partial charge in [0, 0.05) is 18.4 Å². The van der Waals surface area contributed by atoms with Crippen molar-refractivity contribution in [2.24, 2.45) is 5.92 Å². The highest BCUT2D eigenvalue weighted by atomic mass is 35.5. The Morgan fingerprint density at radius 2 is 1.30 bits per heavy atom. The van der Waals surface area contributed by atoms with Crippen LogP contribution in [-0.2, 0) is 23.9 Å². The van der Waals surface area contributed by atoms with Gasteiger partial charge in [0.2, 0.25) is 11.8 Å². The molecule has 0 aliphatic heterocycles. The quantitative estimate of drug-likeness (QED) is 0.367. The van der Waals surface area contributed by atoms with Crippen molar-refractivity contribution in [1.82, 2.24) is 10.6 Å². The molecule has 0 spiro atoms. The highest BCUT2D eigenvalue weighted by molar-refractivity contribution is 6.21. The number of aliphatic carboxylic acids is 1. The Morgan fingerprint density at radius 1 is 0.811 bits per heavy atom. The molecule has 37 heavy (non-hydrogen) atoms. The van der Waals surface area contributed by atoms with Crippen molar-refractivity contribution >= 4 is 41.0 Å². The number of fused-ring (bicyclic) bond motifs is 3. The van der Waals surface area contributed by atoms with E-state index in [1.807, 2.05) is 0 Å². The van der Waals surface area contributed by atoms with Gasteiger partial charge in [-0.1, -0.05) is 0 Å². The van der Waals surface area contributed by atoms with Gasteiger partial charge in [-0.3, -0.25) is 14.4 Å². The summed E-state index contributed by atoms with van der Waals surface area (Å²) < 4.78 is 38.9. The molecule has 0 saturated heterocycles. The fourth-order valence-corrected chi connectivity index (χ4v) is 6.90. The van der Waals surface area contributed by atoms with E-state index in [4.69, 9.17) is 32.7 Å². The predicted octanol–water partition coefficient (Wildman–Crippen LogP) is 3.40. The zero-order chi connectivity index (χ0) is 26.8. The molecule has 0 radical (unpaired) electrons. The first-order chi connectivity index (χ1) is 17.5. The van der Waals surface area contributed by atoms with Crippen LogP contribution in [0.2, 0.25) is 0 Å². The molecule has 5 aliphatic carbocycles. The molecule has 12 heteroatoms. The van der Waals surface area contributed by atoms with Crippen LogP contribution in [0.4, 0.5) is 8.78 Å². The Balaban J connectivity index is 1.28. The maximum Gasteiger partial charge on any atom is 0.308 e. The summed E-state index contributed by atoms with van der Waals surface area (Å²) in [6.45, 7) is -0.503. The first kappa shape index (κ1) is 28.8. The summed E-state index contributed by atoms with van der Waals surface area (Å²) in [6, 6.07) is 0. The number of amides is 2. The standard InChI is InChI=1S/C25H36Cl2F2N2O6/c26-17-3-1-14(9-19(17)28)36-12-21(32)30-24-5-7-25(8-6-24,16(11-24)23(34)35)31-22(33)13-37-15-2-4-18(27)20(29)10-15/h14-20H,1-13H2,(H,30,32)(H,31,33)(H,34,35). The third kappa shape index (κ3) is 6.86. The number of carbonyl (C=O) groups is 3. The molecule has 0 aromatic rings. The summed E-state index contributed by atoms with van der Waals surface area (Å²) in [4.78, 5) is 37.6. The van der Waals surface area contributed by atoms with Crippen molar-refractivity contribution in [3.8, 4) is 0 Å². The first-order valence-electron chi connectivity index (χ1n) is 13.2. The lowest BCUT2D eigenvalue weighted by Crippen LogP contribution is -2.69. The molecular weight excluding hydrogens is 533 g/mol. The molecule has 7 unspecified atom stereocenters. The van der Waals surface area contributed by atoms with E-state index in [2.05, 4.69) is 10.6 Å². The Bertz CT molecular complexity index is 859. The fourth-order valence-electron chi connectivity index (χ4n) is 6.45. The van der Waals surface area contributed by atoms with E-state index in [-0.39, 0.29) is 44.5 Å². The van der Waals surface area contributed by atoms with Gasteiger partial charge in [0.1, 0.15) is 25.6 Å². The van der Waals surface area contributed by atoms with Crippen LogP contribution in [0.15, 0.2) is 0 Å². The molecule has 5 rings (SSSR count). The Hall–Kier alpha value is -1.23. The minimum absolute atomic E-state index is 0.138. The van der Waals surface area contributed by atoms with Crippen LogP contribution in [-0.4, -0.2) is 82.5 Å². The zero-order valence-electron chi connectivity index (χ0n) is 20.7. The fraction of sp³-hybridized carbons (Fsp3) is 0.880. The number of carbonyl (C=O) groups excluding carboxylic acids is 2. The summed E-state index contributed by atoms with van der Waals surface area (Å²) in [7, 11) is 0. The van der Waals surface area contributed by atoms with Crippen molar-refractivity contribution in [1.29, 1.82) is 0 Å². The molecule has 210 valence electrons. The van der Waals surface area contributed by atoms with E-state index in [0.29, 0.717) is 51.4 Å². The third-order valence-corrected chi connectivity index (χ3v) is 9.63. The molecule has 8 nitrogen and oxygen atoms in total. The molecule has 5 aliphatic rings. The molecule has 0 aromatic heterocycles. The van der Waals surface area contributed by atoms with Gasteiger partial charge in [-0.15, -0.1) is 23.2 Å². The molecule has 7 atom stereocenters. The second-order valence-electron chi connectivity index (χ2n) is 11.2. The van der Waals surface area contributed by atoms with Crippen molar-refractivity contribution in [3.63, 3.8) is 0 Å². The molecule has 0 heterocycles. The third-order valence-electron chi connectivity index (χ3n) is 8.64. The van der Waals surface area contributed by atoms with E-state index < -0.39 is 58.1 Å². The van der Waals surface area contributed by atoms with Crippen molar-refractivity contribution in [2.75, 3.05) is 13.2 Å². The predicted molar refractivity (Wildman–Crippen MR) is 132 cm³/mol. The lowest BCUT2D eigenvalue weighted by molar-refractivity contribution is -0.155. The number of ether oxygens (including phenoxy) is 2. The molecule has 5 fully saturated rings. The van der Waals surface area contributed by atoms with Crippen LogP contribution in [0, 0.1) is 5.92 Å². The average Bonchev–Trinajstić information content (AvgIpc) is 2.86. The van der Waals surface area contributed by atoms with Crippen LogP contribution in [0.5, 0.6) is 0 Å². The Labute approximate surface area is 225 Å². The van der Waals surface area contributed by atoms with Gasteiger partial charge in [0.25, 0.3) is 0 Å². The second-order valence-corrected chi connectivity index (χ2v) is 12.3. The first-order valence-corrected chi connectivity index (χ1v) is 14.0. The number of carboxylic acid groups (broad SMARTS) is 1. The highest BCUT2D eigenvalue weighted by Gasteiger charge is 2.58. The molecule has 0 aromatic carbocycles. The number of hydrogen-bond donors (Lipinski definition) is 3.